The van der Waals surface area contributed by atoms with Crippen LogP contribution in [-0.2, 0) is 4.74 Å². The van der Waals surface area contributed by atoms with Crippen LogP contribution >= 0.6 is 0 Å². The van der Waals surface area contributed by atoms with E-state index in [-0.39, 0.29) is 13.2 Å². The van der Waals surface area contributed by atoms with Gasteiger partial charge in [-0.15, -0.1) is 0 Å². The highest BCUT2D eigenvalue weighted by molar-refractivity contribution is 4.95. The third-order valence-corrected chi connectivity index (χ3v) is 2.37. The Morgan fingerprint density at radius 1 is 1.58 bits per heavy atom. The number of hydrogen-bond acceptors (Lipinski definition) is 3. The molecule has 0 bridgehead atoms. The molecule has 0 radical (unpaired) electrons. The summed E-state index contributed by atoms with van der Waals surface area (Å²) in [6.07, 6.45) is 4.09. The Morgan fingerprint density at radius 2 is 2.33 bits per heavy atom. The van der Waals surface area contributed by atoms with E-state index in [0.717, 1.165) is 25.7 Å². The number of hydrogen-bond donors (Lipinski definition) is 2. The van der Waals surface area contributed by atoms with E-state index < -0.39 is 5.79 Å². The van der Waals surface area contributed by atoms with Gasteiger partial charge in [0.15, 0.2) is 5.79 Å². The highest BCUT2D eigenvalue weighted by atomic mass is 16.6. The third-order valence-electron chi connectivity index (χ3n) is 2.37. The lowest BCUT2D eigenvalue weighted by Crippen LogP contribution is -2.18. The summed E-state index contributed by atoms with van der Waals surface area (Å²) in [7, 11) is 0. The molecule has 2 atom stereocenters. The maximum Gasteiger partial charge on any atom is 0.169 e. The van der Waals surface area contributed by atoms with Gasteiger partial charge in [-0.1, -0.05) is 19.8 Å². The van der Waals surface area contributed by atoms with E-state index in [1.807, 2.05) is 0 Å². The summed E-state index contributed by atoms with van der Waals surface area (Å²) in [4.78, 5) is 0. The number of aliphatic hydroxyl groups excluding tert-OH is 1. The summed E-state index contributed by atoms with van der Waals surface area (Å²) >= 11 is 0. The topological polar surface area (TPSA) is 49.7 Å². The van der Waals surface area contributed by atoms with Gasteiger partial charge in [-0.3, -0.25) is 0 Å². The van der Waals surface area contributed by atoms with Crippen LogP contribution in [0.3, 0.4) is 0 Å². The fourth-order valence-corrected chi connectivity index (χ4v) is 1.47. The SMILES string of the molecule is CCCCC1CC1(O)OCCO. The highest BCUT2D eigenvalue weighted by Crippen LogP contribution is 2.47. The van der Waals surface area contributed by atoms with Crippen molar-refractivity contribution in [2.24, 2.45) is 5.92 Å². The van der Waals surface area contributed by atoms with Gasteiger partial charge < -0.3 is 14.9 Å². The fraction of sp³-hybridized carbons (Fsp3) is 1.00. The highest BCUT2D eigenvalue weighted by Gasteiger charge is 2.53. The van der Waals surface area contributed by atoms with Crippen LogP contribution in [0.4, 0.5) is 0 Å². The van der Waals surface area contributed by atoms with E-state index in [1.54, 1.807) is 0 Å². The van der Waals surface area contributed by atoms with Gasteiger partial charge in [-0.2, -0.15) is 0 Å². The Morgan fingerprint density at radius 3 is 2.92 bits per heavy atom. The maximum atomic E-state index is 9.61. The average Bonchev–Trinajstić information content (AvgIpc) is 2.71. The summed E-state index contributed by atoms with van der Waals surface area (Å²) in [5.41, 5.74) is 0. The quantitative estimate of drug-likeness (QED) is 0.588. The van der Waals surface area contributed by atoms with Crippen molar-refractivity contribution in [2.45, 2.75) is 38.4 Å². The molecule has 1 saturated carbocycles. The van der Waals surface area contributed by atoms with Crippen LogP contribution in [0, 0.1) is 5.92 Å². The van der Waals surface area contributed by atoms with Crippen molar-refractivity contribution in [1.82, 2.24) is 0 Å². The normalized spacial score (nSPS) is 33.8. The van der Waals surface area contributed by atoms with Crippen molar-refractivity contribution < 1.29 is 14.9 Å². The molecule has 0 aromatic rings. The Hall–Kier alpha value is -0.120. The van der Waals surface area contributed by atoms with E-state index in [2.05, 4.69) is 6.92 Å². The lowest BCUT2D eigenvalue weighted by Gasteiger charge is -2.10. The summed E-state index contributed by atoms with van der Waals surface area (Å²) in [5, 5.41) is 18.1. The molecule has 0 saturated heterocycles. The van der Waals surface area contributed by atoms with E-state index in [1.165, 1.54) is 0 Å². The second kappa shape index (κ2) is 4.21. The minimum atomic E-state index is -0.891. The van der Waals surface area contributed by atoms with Crippen LogP contribution in [0.5, 0.6) is 0 Å². The van der Waals surface area contributed by atoms with Crippen molar-refractivity contribution in [1.29, 1.82) is 0 Å². The third kappa shape index (κ3) is 2.44. The van der Waals surface area contributed by atoms with Crippen LogP contribution in [0.25, 0.3) is 0 Å². The predicted octanol–water partition coefficient (Wildman–Crippen LogP) is 0.894. The number of unbranched alkanes of at least 4 members (excludes halogenated alkanes) is 1. The van der Waals surface area contributed by atoms with Gasteiger partial charge in [0, 0.05) is 12.3 Å². The van der Waals surface area contributed by atoms with Crippen molar-refractivity contribution in [3.63, 3.8) is 0 Å². The van der Waals surface area contributed by atoms with Gasteiger partial charge in [0.2, 0.25) is 0 Å². The average molecular weight is 174 g/mol. The molecule has 1 aliphatic carbocycles. The minimum absolute atomic E-state index is 0.0111. The number of rotatable bonds is 6. The Bertz CT molecular complexity index is 138. The lowest BCUT2D eigenvalue weighted by atomic mass is 10.2. The van der Waals surface area contributed by atoms with Gasteiger partial charge in [0.1, 0.15) is 0 Å². The Kier molecular flexibility index (Phi) is 3.50. The number of aliphatic hydroxyl groups is 2. The molecule has 0 aromatic carbocycles. The smallest absolute Gasteiger partial charge is 0.169 e. The van der Waals surface area contributed by atoms with E-state index in [0.29, 0.717) is 5.92 Å². The molecule has 1 rings (SSSR count). The van der Waals surface area contributed by atoms with E-state index >= 15 is 0 Å². The summed E-state index contributed by atoms with van der Waals surface area (Å²) in [6, 6.07) is 0. The molecule has 0 amide bonds. The predicted molar refractivity (Wildman–Crippen MR) is 45.6 cm³/mol. The Balaban J connectivity index is 2.10. The molecule has 1 aliphatic rings. The molecule has 2 N–H and O–H groups in total. The van der Waals surface area contributed by atoms with Crippen molar-refractivity contribution in [3.05, 3.63) is 0 Å². The van der Waals surface area contributed by atoms with E-state index in [9.17, 15) is 5.11 Å². The largest absolute Gasteiger partial charge is 0.394 e. The zero-order valence-electron chi connectivity index (χ0n) is 7.62. The molecule has 0 heterocycles. The second-order valence-corrected chi connectivity index (χ2v) is 3.46. The number of ether oxygens (including phenoxy) is 1. The molecule has 1 fully saturated rings. The Labute approximate surface area is 73.4 Å². The zero-order valence-corrected chi connectivity index (χ0v) is 7.62. The molecule has 12 heavy (non-hydrogen) atoms. The lowest BCUT2D eigenvalue weighted by molar-refractivity contribution is -0.143. The molecule has 3 nitrogen and oxygen atoms in total. The molecule has 0 aromatic heterocycles. The first-order chi connectivity index (χ1) is 5.73. The van der Waals surface area contributed by atoms with Crippen LogP contribution in [-0.4, -0.2) is 29.2 Å². The molecular formula is C9H18O3. The maximum absolute atomic E-state index is 9.61. The molecule has 2 unspecified atom stereocenters. The fourth-order valence-electron chi connectivity index (χ4n) is 1.47. The van der Waals surface area contributed by atoms with Crippen molar-refractivity contribution in [2.75, 3.05) is 13.2 Å². The van der Waals surface area contributed by atoms with Gasteiger partial charge in [0.05, 0.1) is 13.2 Å². The van der Waals surface area contributed by atoms with E-state index in [4.69, 9.17) is 9.84 Å². The molecular weight excluding hydrogens is 156 g/mol. The van der Waals surface area contributed by atoms with Crippen LogP contribution in [0.2, 0.25) is 0 Å². The van der Waals surface area contributed by atoms with Crippen molar-refractivity contribution in [3.8, 4) is 0 Å². The van der Waals surface area contributed by atoms with Crippen LogP contribution in [0.15, 0.2) is 0 Å². The van der Waals surface area contributed by atoms with Gasteiger partial charge in [-0.05, 0) is 6.42 Å². The summed E-state index contributed by atoms with van der Waals surface area (Å²) in [5.74, 6) is -0.582. The van der Waals surface area contributed by atoms with Crippen molar-refractivity contribution >= 4 is 0 Å². The molecule has 3 heteroatoms. The van der Waals surface area contributed by atoms with Crippen LogP contribution < -0.4 is 0 Å². The second-order valence-electron chi connectivity index (χ2n) is 3.46. The van der Waals surface area contributed by atoms with Gasteiger partial charge >= 0.3 is 0 Å². The molecule has 72 valence electrons. The first-order valence-corrected chi connectivity index (χ1v) is 4.70. The van der Waals surface area contributed by atoms with Crippen LogP contribution in [0.1, 0.15) is 32.6 Å². The molecule has 0 aliphatic heterocycles. The first-order valence-electron chi connectivity index (χ1n) is 4.70. The minimum Gasteiger partial charge on any atom is -0.394 e. The monoisotopic (exact) mass is 174 g/mol. The zero-order chi connectivity index (χ0) is 9.03. The van der Waals surface area contributed by atoms with Gasteiger partial charge in [0.25, 0.3) is 0 Å². The molecule has 0 spiro atoms. The standard InChI is InChI=1S/C9H18O3/c1-2-3-4-8-7-9(8,11)12-6-5-10/h8,10-11H,2-7H2,1H3. The summed E-state index contributed by atoms with van der Waals surface area (Å²) < 4.78 is 5.10. The van der Waals surface area contributed by atoms with Gasteiger partial charge in [-0.25, -0.2) is 0 Å². The first kappa shape index (κ1) is 9.96. The summed E-state index contributed by atoms with van der Waals surface area (Å²) in [6.45, 7) is 2.37.